The number of para-hydroxylation sites is 1. The van der Waals surface area contributed by atoms with Crippen LogP contribution in [-0.2, 0) is 9.53 Å². The molecule has 5 rings (SSSR count). The maximum Gasteiger partial charge on any atom is 0.253 e. The predicted octanol–water partition coefficient (Wildman–Crippen LogP) is 2.84. The monoisotopic (exact) mass is 394 g/mol. The lowest BCUT2D eigenvalue weighted by atomic mass is 9.92. The Kier molecular flexibility index (Phi) is 5.42. The molecule has 1 saturated carbocycles. The minimum absolute atomic E-state index is 0.138. The van der Waals surface area contributed by atoms with Crippen molar-refractivity contribution in [3.8, 4) is 5.75 Å². The van der Waals surface area contributed by atoms with E-state index < -0.39 is 0 Å². The number of hydrogen-bond acceptors (Lipinski definition) is 4. The SMILES string of the molecule is O=C(C1=Cc2ccccc2OC1)N(CCN1CCOCC1)CC1CC2C=CC1C2. The van der Waals surface area contributed by atoms with E-state index in [2.05, 4.69) is 22.0 Å². The number of carbonyl (C=O) groups is 1. The van der Waals surface area contributed by atoms with Gasteiger partial charge in [-0.25, -0.2) is 0 Å². The number of fused-ring (bicyclic) bond motifs is 3. The van der Waals surface area contributed by atoms with Crippen molar-refractivity contribution in [1.29, 1.82) is 0 Å². The number of ether oxygens (including phenoxy) is 2. The lowest BCUT2D eigenvalue weighted by Crippen LogP contribution is -2.45. The Morgan fingerprint density at radius 2 is 2.00 bits per heavy atom. The van der Waals surface area contributed by atoms with Crippen molar-refractivity contribution in [2.75, 3.05) is 52.5 Å². The van der Waals surface area contributed by atoms with Gasteiger partial charge in [0, 0.05) is 38.3 Å². The van der Waals surface area contributed by atoms with E-state index in [0.717, 1.165) is 68.7 Å². The quantitative estimate of drug-likeness (QED) is 0.696. The van der Waals surface area contributed by atoms with Crippen LogP contribution < -0.4 is 4.74 Å². The molecule has 2 fully saturated rings. The first-order valence-electron chi connectivity index (χ1n) is 11.0. The molecule has 3 unspecified atom stereocenters. The first-order valence-corrected chi connectivity index (χ1v) is 11.0. The molecule has 0 aromatic heterocycles. The van der Waals surface area contributed by atoms with Crippen molar-refractivity contribution in [3.63, 3.8) is 0 Å². The number of rotatable bonds is 6. The highest BCUT2D eigenvalue weighted by atomic mass is 16.5. The van der Waals surface area contributed by atoms with Crippen LogP contribution in [0.1, 0.15) is 18.4 Å². The molecule has 0 N–H and O–H groups in total. The van der Waals surface area contributed by atoms with Crippen LogP contribution in [0.4, 0.5) is 0 Å². The van der Waals surface area contributed by atoms with Crippen LogP contribution in [0.2, 0.25) is 0 Å². The van der Waals surface area contributed by atoms with Gasteiger partial charge in [-0.1, -0.05) is 30.4 Å². The summed E-state index contributed by atoms with van der Waals surface area (Å²) in [5.74, 6) is 2.97. The Morgan fingerprint density at radius 3 is 2.79 bits per heavy atom. The molecule has 2 bridgehead atoms. The van der Waals surface area contributed by atoms with Gasteiger partial charge in [0.15, 0.2) is 0 Å². The van der Waals surface area contributed by atoms with E-state index in [0.29, 0.717) is 18.4 Å². The number of hydrogen-bond donors (Lipinski definition) is 0. The molecule has 0 radical (unpaired) electrons. The summed E-state index contributed by atoms with van der Waals surface area (Å²) in [5.41, 5.74) is 1.77. The second-order valence-electron chi connectivity index (χ2n) is 8.74. The molecular weight excluding hydrogens is 364 g/mol. The van der Waals surface area contributed by atoms with E-state index in [1.165, 1.54) is 12.8 Å². The molecule has 3 atom stereocenters. The third-order valence-electron chi connectivity index (χ3n) is 6.85. The molecule has 1 aromatic rings. The lowest BCUT2D eigenvalue weighted by Gasteiger charge is -2.33. The van der Waals surface area contributed by atoms with Gasteiger partial charge < -0.3 is 14.4 Å². The van der Waals surface area contributed by atoms with Crippen molar-refractivity contribution in [3.05, 3.63) is 47.6 Å². The normalized spacial score (nSPS) is 28.0. The highest BCUT2D eigenvalue weighted by Crippen LogP contribution is 2.43. The number of allylic oxidation sites excluding steroid dienone is 2. The first-order chi connectivity index (χ1) is 14.3. The number of nitrogens with zero attached hydrogens (tertiary/aromatic N) is 2. The second-order valence-corrected chi connectivity index (χ2v) is 8.74. The molecule has 1 saturated heterocycles. The van der Waals surface area contributed by atoms with Gasteiger partial charge in [-0.15, -0.1) is 0 Å². The Bertz CT molecular complexity index is 812. The number of amides is 1. The van der Waals surface area contributed by atoms with Crippen LogP contribution in [0.25, 0.3) is 6.08 Å². The molecule has 1 aromatic carbocycles. The van der Waals surface area contributed by atoms with E-state index >= 15 is 0 Å². The summed E-state index contributed by atoms with van der Waals surface area (Å²) in [6, 6.07) is 7.94. The van der Waals surface area contributed by atoms with E-state index in [1.807, 2.05) is 30.3 Å². The van der Waals surface area contributed by atoms with Crippen LogP contribution in [0.3, 0.4) is 0 Å². The molecule has 5 heteroatoms. The molecule has 154 valence electrons. The number of carbonyl (C=O) groups excluding carboxylic acids is 1. The maximum absolute atomic E-state index is 13.5. The van der Waals surface area contributed by atoms with Gasteiger partial charge in [0.2, 0.25) is 0 Å². The van der Waals surface area contributed by atoms with E-state index in [1.54, 1.807) is 0 Å². The lowest BCUT2D eigenvalue weighted by molar-refractivity contribution is -0.128. The topological polar surface area (TPSA) is 42.0 Å². The predicted molar refractivity (Wildman–Crippen MR) is 113 cm³/mol. The van der Waals surface area contributed by atoms with Crippen LogP contribution in [0, 0.1) is 17.8 Å². The number of benzene rings is 1. The third kappa shape index (κ3) is 4.12. The van der Waals surface area contributed by atoms with Gasteiger partial charge in [-0.3, -0.25) is 9.69 Å². The van der Waals surface area contributed by atoms with Gasteiger partial charge in [0.25, 0.3) is 5.91 Å². The molecule has 2 aliphatic heterocycles. The summed E-state index contributed by atoms with van der Waals surface area (Å²) in [4.78, 5) is 18.0. The molecule has 29 heavy (non-hydrogen) atoms. The molecule has 2 aliphatic carbocycles. The highest BCUT2D eigenvalue weighted by Gasteiger charge is 2.37. The second kappa shape index (κ2) is 8.33. The molecular formula is C24H30N2O3. The fourth-order valence-corrected chi connectivity index (χ4v) is 5.19. The summed E-state index contributed by atoms with van der Waals surface area (Å²) < 4.78 is 11.3. The van der Waals surface area contributed by atoms with Crippen LogP contribution in [0.15, 0.2) is 42.0 Å². The Morgan fingerprint density at radius 1 is 1.14 bits per heavy atom. The molecule has 0 spiro atoms. The summed E-state index contributed by atoms with van der Waals surface area (Å²) in [6.45, 7) is 6.40. The molecule has 4 aliphatic rings. The van der Waals surface area contributed by atoms with E-state index in [-0.39, 0.29) is 5.91 Å². The van der Waals surface area contributed by atoms with Crippen molar-refractivity contribution in [2.45, 2.75) is 12.8 Å². The summed E-state index contributed by atoms with van der Waals surface area (Å²) >= 11 is 0. The minimum Gasteiger partial charge on any atom is -0.488 e. The van der Waals surface area contributed by atoms with Crippen molar-refractivity contribution < 1.29 is 14.3 Å². The van der Waals surface area contributed by atoms with Crippen molar-refractivity contribution >= 4 is 12.0 Å². The first kappa shape index (κ1) is 18.9. The average Bonchev–Trinajstić information content (AvgIpc) is 3.40. The average molecular weight is 395 g/mol. The zero-order valence-electron chi connectivity index (χ0n) is 17.0. The fourth-order valence-electron chi connectivity index (χ4n) is 5.19. The summed E-state index contributed by atoms with van der Waals surface area (Å²) in [7, 11) is 0. The van der Waals surface area contributed by atoms with E-state index in [4.69, 9.17) is 9.47 Å². The molecule has 5 nitrogen and oxygen atoms in total. The zero-order chi connectivity index (χ0) is 19.6. The van der Waals surface area contributed by atoms with Gasteiger partial charge in [-0.2, -0.15) is 0 Å². The minimum atomic E-state index is 0.138. The third-order valence-corrected chi connectivity index (χ3v) is 6.85. The van der Waals surface area contributed by atoms with Gasteiger partial charge >= 0.3 is 0 Å². The van der Waals surface area contributed by atoms with Crippen molar-refractivity contribution in [2.24, 2.45) is 17.8 Å². The van der Waals surface area contributed by atoms with Crippen LogP contribution in [-0.4, -0.2) is 68.3 Å². The van der Waals surface area contributed by atoms with Gasteiger partial charge in [0.05, 0.1) is 18.8 Å². The van der Waals surface area contributed by atoms with Crippen LogP contribution in [0.5, 0.6) is 5.75 Å². The Hall–Kier alpha value is -2.11. The van der Waals surface area contributed by atoms with Crippen molar-refractivity contribution in [1.82, 2.24) is 9.80 Å². The Balaban J connectivity index is 1.30. The highest BCUT2D eigenvalue weighted by molar-refractivity contribution is 5.99. The molecule has 1 amide bonds. The molecule has 2 heterocycles. The number of morpholine rings is 1. The maximum atomic E-state index is 13.5. The smallest absolute Gasteiger partial charge is 0.253 e. The van der Waals surface area contributed by atoms with Crippen LogP contribution >= 0.6 is 0 Å². The fraction of sp³-hybridized carbons (Fsp3) is 0.542. The summed E-state index contributed by atoms with van der Waals surface area (Å²) in [5, 5.41) is 0. The van der Waals surface area contributed by atoms with Gasteiger partial charge in [0.1, 0.15) is 12.4 Å². The standard InChI is InChI=1S/C24H30N2O3/c27-24(22-15-20-3-1-2-4-23(20)29-17-22)26(8-7-25-9-11-28-12-10-25)16-21-14-18-5-6-19(21)13-18/h1-6,15,18-19,21H,7-14,16-17H2. The van der Waals surface area contributed by atoms with Gasteiger partial charge in [-0.05, 0) is 42.7 Å². The summed E-state index contributed by atoms with van der Waals surface area (Å²) in [6.07, 6.45) is 9.26. The largest absolute Gasteiger partial charge is 0.488 e. The zero-order valence-corrected chi connectivity index (χ0v) is 17.0. The Labute approximate surface area is 173 Å². The van der Waals surface area contributed by atoms with E-state index in [9.17, 15) is 4.79 Å².